The van der Waals surface area contributed by atoms with E-state index in [0.29, 0.717) is 0 Å². The molecule has 0 rings (SSSR count). The molecule has 70 valence electrons. The summed E-state index contributed by atoms with van der Waals surface area (Å²) in [6.45, 7) is 1.97. The summed E-state index contributed by atoms with van der Waals surface area (Å²) < 4.78 is 0. The Morgan fingerprint density at radius 1 is 1.00 bits per heavy atom. The van der Waals surface area contributed by atoms with E-state index in [9.17, 15) is 0 Å². The van der Waals surface area contributed by atoms with Crippen molar-refractivity contribution in [2.24, 2.45) is 0 Å². The highest BCUT2D eigenvalue weighted by Gasteiger charge is 1.80. The molecule has 0 aromatic heterocycles. The largest absolute Gasteiger partial charge is 0.394 e. The zero-order valence-corrected chi connectivity index (χ0v) is 8.19. The van der Waals surface area contributed by atoms with Crippen molar-refractivity contribution in [1.82, 2.24) is 0 Å². The maximum Gasteiger partial charge on any atom is 0.0662 e. The van der Waals surface area contributed by atoms with Crippen molar-refractivity contribution in [2.45, 2.75) is 32.6 Å². The van der Waals surface area contributed by atoms with Gasteiger partial charge in [0, 0.05) is 0 Å². The summed E-state index contributed by atoms with van der Waals surface area (Å²) in [5.74, 6) is 1.06. The smallest absolute Gasteiger partial charge is 0.0662 e. The summed E-state index contributed by atoms with van der Waals surface area (Å²) in [6.07, 6.45) is 5.35. The zero-order chi connectivity index (χ0) is 8.95. The van der Waals surface area contributed by atoms with E-state index in [0.717, 1.165) is 5.75 Å². The molecule has 0 aliphatic rings. The van der Waals surface area contributed by atoms with Gasteiger partial charge in [0.2, 0.25) is 0 Å². The molecule has 11 heavy (non-hydrogen) atoms. The molecule has 0 radical (unpaired) electrons. The number of rotatable bonds is 5. The van der Waals surface area contributed by atoms with Crippen LogP contribution in [0.4, 0.5) is 0 Å². The van der Waals surface area contributed by atoms with Gasteiger partial charge in [-0.25, -0.2) is 0 Å². The Kier molecular flexibility index (Phi) is 21.0. The fourth-order valence-corrected chi connectivity index (χ4v) is 0.762. The molecule has 0 aromatic carbocycles. The summed E-state index contributed by atoms with van der Waals surface area (Å²) in [7, 11) is 0. The molecular formula is C8H20O2S. The minimum absolute atomic E-state index is 0.125. The van der Waals surface area contributed by atoms with E-state index in [-0.39, 0.29) is 13.2 Å². The summed E-state index contributed by atoms with van der Waals surface area (Å²) in [5, 5.41) is 15.2. The standard InChI is InChI=1S/C6H14S.C2H6O2/c1-2-3-4-5-6-7;3-1-2-4/h7H,2-6H2,1H3;3-4H,1-2H2. The summed E-state index contributed by atoms with van der Waals surface area (Å²) >= 11 is 4.09. The van der Waals surface area contributed by atoms with E-state index in [4.69, 9.17) is 10.2 Å². The minimum Gasteiger partial charge on any atom is -0.394 e. The van der Waals surface area contributed by atoms with E-state index in [1.54, 1.807) is 0 Å². The van der Waals surface area contributed by atoms with Crippen molar-refractivity contribution in [1.29, 1.82) is 0 Å². The highest BCUT2D eigenvalue weighted by Crippen LogP contribution is 1.98. The first kappa shape index (κ1) is 13.8. The Hall–Kier alpha value is 0.270. The van der Waals surface area contributed by atoms with E-state index in [2.05, 4.69) is 19.6 Å². The van der Waals surface area contributed by atoms with Gasteiger partial charge in [0.1, 0.15) is 0 Å². The Bertz CT molecular complexity index is 45.4. The van der Waals surface area contributed by atoms with Crippen LogP contribution in [0.1, 0.15) is 32.6 Å². The molecule has 2 N–H and O–H groups in total. The predicted molar refractivity (Wildman–Crippen MR) is 52.2 cm³/mol. The fourth-order valence-electron chi connectivity index (χ4n) is 0.539. The second-order valence-corrected chi connectivity index (χ2v) is 2.68. The topological polar surface area (TPSA) is 40.5 Å². The van der Waals surface area contributed by atoms with E-state index < -0.39 is 0 Å². The molecule has 0 bridgehead atoms. The van der Waals surface area contributed by atoms with Gasteiger partial charge in [-0.15, -0.1) is 0 Å². The van der Waals surface area contributed by atoms with Crippen LogP contribution in [0.3, 0.4) is 0 Å². The first-order valence-electron chi connectivity index (χ1n) is 4.16. The molecule has 0 aromatic rings. The van der Waals surface area contributed by atoms with Crippen molar-refractivity contribution < 1.29 is 10.2 Å². The molecule has 0 atom stereocenters. The third kappa shape index (κ3) is 25.3. The van der Waals surface area contributed by atoms with Crippen molar-refractivity contribution in [3.8, 4) is 0 Å². The van der Waals surface area contributed by atoms with E-state index in [1.807, 2.05) is 0 Å². The molecule has 0 saturated heterocycles. The fraction of sp³-hybridized carbons (Fsp3) is 1.00. The Labute approximate surface area is 75.0 Å². The van der Waals surface area contributed by atoms with Crippen LogP contribution in [0.15, 0.2) is 0 Å². The molecule has 0 saturated carbocycles. The second-order valence-electron chi connectivity index (χ2n) is 2.23. The molecule has 2 nitrogen and oxygen atoms in total. The van der Waals surface area contributed by atoms with Crippen LogP contribution in [0.25, 0.3) is 0 Å². The van der Waals surface area contributed by atoms with Crippen LogP contribution in [-0.4, -0.2) is 29.2 Å². The van der Waals surface area contributed by atoms with Crippen molar-refractivity contribution in [2.75, 3.05) is 19.0 Å². The summed E-state index contributed by atoms with van der Waals surface area (Å²) in [4.78, 5) is 0. The lowest BCUT2D eigenvalue weighted by atomic mass is 10.2. The third-order valence-electron chi connectivity index (χ3n) is 1.11. The van der Waals surface area contributed by atoms with Crippen LogP contribution < -0.4 is 0 Å². The minimum atomic E-state index is -0.125. The first-order valence-corrected chi connectivity index (χ1v) is 4.79. The average molecular weight is 180 g/mol. The molecule has 0 aliphatic carbocycles. The van der Waals surface area contributed by atoms with Gasteiger partial charge in [0.15, 0.2) is 0 Å². The average Bonchev–Trinajstić information content (AvgIpc) is 2.06. The number of aliphatic hydroxyl groups is 2. The third-order valence-corrected chi connectivity index (χ3v) is 1.43. The van der Waals surface area contributed by atoms with Crippen molar-refractivity contribution in [3.63, 3.8) is 0 Å². The molecule has 0 aliphatic heterocycles. The van der Waals surface area contributed by atoms with Crippen LogP contribution in [0.2, 0.25) is 0 Å². The molecule has 0 amide bonds. The summed E-state index contributed by atoms with van der Waals surface area (Å²) in [6, 6.07) is 0. The highest BCUT2D eigenvalue weighted by atomic mass is 32.1. The summed E-state index contributed by atoms with van der Waals surface area (Å²) in [5.41, 5.74) is 0. The van der Waals surface area contributed by atoms with Gasteiger partial charge in [-0.3, -0.25) is 0 Å². The van der Waals surface area contributed by atoms with Gasteiger partial charge in [-0.05, 0) is 12.2 Å². The lowest BCUT2D eigenvalue weighted by Crippen LogP contribution is -1.85. The number of unbranched alkanes of at least 4 members (excludes halogenated alkanes) is 3. The van der Waals surface area contributed by atoms with Gasteiger partial charge in [-0.1, -0.05) is 26.2 Å². The van der Waals surface area contributed by atoms with Crippen LogP contribution >= 0.6 is 12.6 Å². The lowest BCUT2D eigenvalue weighted by Gasteiger charge is -1.90. The second kappa shape index (κ2) is 16.7. The normalized spacial score (nSPS) is 8.73. The van der Waals surface area contributed by atoms with Gasteiger partial charge in [-0.2, -0.15) is 12.6 Å². The van der Waals surface area contributed by atoms with E-state index >= 15 is 0 Å². The lowest BCUT2D eigenvalue weighted by molar-refractivity contribution is 0.186. The van der Waals surface area contributed by atoms with Crippen LogP contribution in [-0.2, 0) is 0 Å². The van der Waals surface area contributed by atoms with E-state index in [1.165, 1.54) is 25.7 Å². The monoisotopic (exact) mass is 180 g/mol. The molecule has 0 heterocycles. The van der Waals surface area contributed by atoms with Gasteiger partial charge in [0.05, 0.1) is 13.2 Å². The van der Waals surface area contributed by atoms with Crippen molar-refractivity contribution >= 4 is 12.6 Å². The predicted octanol–water partition coefficient (Wildman–Crippen LogP) is 1.47. The number of thiol groups is 1. The van der Waals surface area contributed by atoms with Crippen LogP contribution in [0, 0.1) is 0 Å². The Morgan fingerprint density at radius 3 is 1.82 bits per heavy atom. The molecule has 0 spiro atoms. The van der Waals surface area contributed by atoms with Gasteiger partial charge in [0.25, 0.3) is 0 Å². The molecule has 0 fully saturated rings. The van der Waals surface area contributed by atoms with Gasteiger partial charge >= 0.3 is 0 Å². The quantitative estimate of drug-likeness (QED) is 0.443. The molecule has 0 unspecified atom stereocenters. The van der Waals surface area contributed by atoms with Crippen LogP contribution in [0.5, 0.6) is 0 Å². The van der Waals surface area contributed by atoms with Gasteiger partial charge < -0.3 is 10.2 Å². The molecule has 3 heteroatoms. The van der Waals surface area contributed by atoms with Crippen molar-refractivity contribution in [3.05, 3.63) is 0 Å². The maximum absolute atomic E-state index is 7.62. The maximum atomic E-state index is 7.62. The number of hydrogen-bond acceptors (Lipinski definition) is 3. The number of aliphatic hydroxyl groups excluding tert-OH is 2. The zero-order valence-electron chi connectivity index (χ0n) is 7.29. The Morgan fingerprint density at radius 2 is 1.55 bits per heavy atom. The molecular weight excluding hydrogens is 160 g/mol. The SMILES string of the molecule is CCCCCCS.OCCO. The number of hydrogen-bond donors (Lipinski definition) is 3. The highest BCUT2D eigenvalue weighted by molar-refractivity contribution is 7.80. The Balaban J connectivity index is 0. The first-order chi connectivity index (χ1) is 5.33.